The van der Waals surface area contributed by atoms with Gasteiger partial charge in [-0.3, -0.25) is 9.11 Å². The molecule has 0 aliphatic heterocycles. The third-order valence-electron chi connectivity index (χ3n) is 0. The minimum Gasteiger partial charge on any atom is -0.412 e. The second-order valence-corrected chi connectivity index (χ2v) is 1.34. The molecule has 0 aromatic rings. The number of hydrogen-bond acceptors (Lipinski definition) is 2. The topological polar surface area (TPSA) is 106 Å². The Bertz CT molecular complexity index is 91.2. The van der Waals surface area contributed by atoms with E-state index in [2.05, 4.69) is 0 Å². The molecule has 0 saturated heterocycles. The Kier molecular flexibility index (Phi) is 11.3. The smallest absolute Gasteiger partial charge is 0.394 e. The first-order valence-corrected chi connectivity index (χ1v) is 2.10. The zero-order valence-corrected chi connectivity index (χ0v) is 8.82. The molecule has 7 heavy (non-hydrogen) atoms. The second kappa shape index (κ2) is 5.07. The van der Waals surface area contributed by atoms with Gasteiger partial charge in [-0.2, -0.15) is 8.42 Å². The monoisotopic (exact) mass is 347 g/mol. The normalized spacial score (nSPS) is 8.29. The Hall–Kier alpha value is 0.921. The molecule has 0 amide bonds. The van der Waals surface area contributed by atoms with Gasteiger partial charge < -0.3 is 5.48 Å². The summed E-state index contributed by atoms with van der Waals surface area (Å²) in [5.41, 5.74) is 0. The average Bonchev–Trinajstić information content (AvgIpc) is 0.722. The third kappa shape index (κ3) is 198. The van der Waals surface area contributed by atoms with E-state index >= 15 is 0 Å². The van der Waals surface area contributed by atoms with Crippen molar-refractivity contribution in [1.82, 2.24) is 0 Å². The molecule has 0 spiro atoms. The molecular weight excluding hydrogens is 343 g/mol. The maximum Gasteiger partial charge on any atom is 0.394 e. The van der Waals surface area contributed by atoms with E-state index in [4.69, 9.17) is 17.5 Å². The molecule has 7 heteroatoms. The molecule has 5 nitrogen and oxygen atoms in total. The van der Waals surface area contributed by atoms with Gasteiger partial charge >= 0.3 is 10.4 Å². The van der Waals surface area contributed by atoms with Gasteiger partial charge in [-0.05, 0) is 0 Å². The molecule has 0 rings (SSSR count). The third-order valence-corrected chi connectivity index (χ3v) is 0. The molecule has 0 aromatic heterocycles. The van der Waals surface area contributed by atoms with Crippen molar-refractivity contribution in [2.24, 2.45) is 0 Å². The Morgan fingerprint density at radius 1 is 1.14 bits per heavy atom. The van der Waals surface area contributed by atoms with Crippen LogP contribution >= 0.6 is 0 Å². The molecule has 4 N–H and O–H groups in total. The van der Waals surface area contributed by atoms with Gasteiger partial charge in [0.05, 0.1) is 0 Å². The van der Waals surface area contributed by atoms with Crippen molar-refractivity contribution < 1.29 is 55.3 Å². The van der Waals surface area contributed by atoms with E-state index in [1.165, 1.54) is 0 Å². The van der Waals surface area contributed by atoms with Crippen LogP contribution in [0.4, 0.5) is 0 Å². The van der Waals surface area contributed by atoms with Crippen molar-refractivity contribution in [3.05, 3.63) is 0 Å². The fourth-order valence-corrected chi connectivity index (χ4v) is 0. The minimum absolute atomic E-state index is 0. The fourth-order valence-electron chi connectivity index (χ4n) is 0. The summed E-state index contributed by atoms with van der Waals surface area (Å²) in [4.78, 5) is 0. The Labute approximate surface area is 65.5 Å². The molecule has 1 radical (unpaired) electrons. The summed E-state index contributed by atoms with van der Waals surface area (Å²) >= 11 is 0. The van der Waals surface area contributed by atoms with E-state index in [0.29, 0.717) is 0 Å². The van der Waals surface area contributed by atoms with Crippen molar-refractivity contribution in [3.8, 4) is 0 Å². The quantitative estimate of drug-likeness (QED) is 0.522. The van der Waals surface area contributed by atoms with Crippen molar-refractivity contribution in [1.29, 1.82) is 0 Å². The van der Waals surface area contributed by atoms with Gasteiger partial charge in [-0.15, -0.1) is 0 Å². The molecule has 0 fully saturated rings. The summed E-state index contributed by atoms with van der Waals surface area (Å²) in [5.74, 6) is 0. The molecule has 0 bridgehead atoms. The van der Waals surface area contributed by atoms with Crippen LogP contribution in [0, 0.1) is 32.3 Å². The van der Waals surface area contributed by atoms with Crippen LogP contribution in [0.2, 0.25) is 0 Å². The number of hydrogen-bond donors (Lipinski definition) is 2. The molecule has 0 unspecified atom stereocenters. The van der Waals surface area contributed by atoms with Crippen LogP contribution in [-0.4, -0.2) is 23.0 Å². The predicted octanol–water partition coefficient (Wildman–Crippen LogP) is -1.48. The molecule has 43 valence electrons. The first kappa shape index (κ1) is 15.7. The maximum atomic E-state index is 8.74. The summed E-state index contributed by atoms with van der Waals surface area (Å²) in [5, 5.41) is 0. The molecule has 0 saturated carbocycles. The van der Waals surface area contributed by atoms with Crippen molar-refractivity contribution in [2.75, 3.05) is 0 Å². The van der Waals surface area contributed by atoms with Crippen LogP contribution in [0.3, 0.4) is 0 Å². The van der Waals surface area contributed by atoms with Gasteiger partial charge in [0.25, 0.3) is 0 Å². The molecule has 0 aliphatic rings. The zero-order valence-electron chi connectivity index (χ0n) is 3.20. The number of rotatable bonds is 0. The van der Waals surface area contributed by atoms with E-state index in [9.17, 15) is 0 Å². The SMILES string of the molecule is O.O=S(=O)(O)O.[Pa]. The van der Waals surface area contributed by atoms with Crippen LogP contribution in [0.15, 0.2) is 0 Å². The fraction of sp³-hybridized carbons (Fsp3) is 0. The van der Waals surface area contributed by atoms with Crippen molar-refractivity contribution >= 4 is 10.4 Å². The maximum absolute atomic E-state index is 8.74. The molecule has 0 aromatic carbocycles. The Morgan fingerprint density at radius 3 is 1.14 bits per heavy atom. The average molecular weight is 347 g/mol. The van der Waals surface area contributed by atoms with Crippen LogP contribution in [-0.2, 0) is 10.4 Å². The van der Waals surface area contributed by atoms with Gasteiger partial charge in [-0.1, -0.05) is 0 Å². The Balaban J connectivity index is -0.0000000800. The van der Waals surface area contributed by atoms with E-state index in [1.807, 2.05) is 0 Å². The largest absolute Gasteiger partial charge is 0.412 e. The van der Waals surface area contributed by atoms with E-state index in [-0.39, 0.29) is 37.8 Å². The van der Waals surface area contributed by atoms with Crippen LogP contribution < -0.4 is 0 Å². The summed E-state index contributed by atoms with van der Waals surface area (Å²) in [6.45, 7) is 0. The first-order chi connectivity index (χ1) is 2.00. The van der Waals surface area contributed by atoms with E-state index in [0.717, 1.165) is 0 Å². The van der Waals surface area contributed by atoms with E-state index < -0.39 is 10.4 Å². The van der Waals surface area contributed by atoms with Crippen LogP contribution in [0.1, 0.15) is 0 Å². The predicted molar refractivity (Wildman–Crippen MR) is 17.8 cm³/mol. The van der Waals surface area contributed by atoms with Crippen LogP contribution in [0.5, 0.6) is 0 Å². The van der Waals surface area contributed by atoms with E-state index in [1.54, 1.807) is 0 Å². The Morgan fingerprint density at radius 2 is 1.14 bits per heavy atom. The van der Waals surface area contributed by atoms with Gasteiger partial charge in [0.2, 0.25) is 0 Å². The summed E-state index contributed by atoms with van der Waals surface area (Å²) in [6, 6.07) is 0. The standard InChI is InChI=1S/H2O4S.H2O.Pa/c1-5(2,3)4;;/h(H2,1,2,3,4);1H2;. The van der Waals surface area contributed by atoms with Gasteiger partial charge in [-0.25, -0.2) is 0 Å². The zero-order chi connectivity index (χ0) is 4.50. The van der Waals surface area contributed by atoms with Gasteiger partial charge in [0.15, 0.2) is 0 Å². The summed E-state index contributed by atoms with van der Waals surface area (Å²) in [7, 11) is -4.67. The van der Waals surface area contributed by atoms with Gasteiger partial charge in [0, 0.05) is 32.3 Å². The molecule has 0 aliphatic carbocycles. The molecule has 0 atom stereocenters. The summed E-state index contributed by atoms with van der Waals surface area (Å²) < 4.78 is 31.6. The molecular formula is H4O5PaS. The van der Waals surface area contributed by atoms with Crippen LogP contribution in [0.25, 0.3) is 0 Å². The van der Waals surface area contributed by atoms with Crippen molar-refractivity contribution in [3.63, 3.8) is 0 Å². The first-order valence-electron chi connectivity index (χ1n) is 0.698. The molecule has 0 heterocycles. The van der Waals surface area contributed by atoms with Gasteiger partial charge in [0.1, 0.15) is 0 Å². The minimum atomic E-state index is -4.67. The second-order valence-electron chi connectivity index (χ2n) is 0.448. The summed E-state index contributed by atoms with van der Waals surface area (Å²) in [6.07, 6.45) is 0. The van der Waals surface area contributed by atoms with Crippen molar-refractivity contribution in [2.45, 2.75) is 0 Å².